The molecule has 0 saturated carbocycles. The van der Waals surface area contributed by atoms with E-state index >= 15 is 0 Å². The second-order valence-corrected chi connectivity index (χ2v) is 12.1. The minimum atomic E-state index is -0.230. The van der Waals surface area contributed by atoms with Crippen LogP contribution in [0, 0.1) is 0 Å². The Bertz CT molecular complexity index is 1780. The number of hydrogen-bond donors (Lipinski definition) is 5. The van der Waals surface area contributed by atoms with Crippen LogP contribution in [0.2, 0.25) is 20.1 Å². The predicted octanol–water partition coefficient (Wildman–Crippen LogP) is 4.43. The van der Waals surface area contributed by atoms with Crippen LogP contribution < -0.4 is 26.2 Å². The van der Waals surface area contributed by atoms with Gasteiger partial charge in [0.2, 0.25) is 0 Å². The van der Waals surface area contributed by atoms with E-state index in [1.807, 2.05) is 0 Å². The number of piperazine rings is 2. The topological polar surface area (TPSA) is 171 Å². The molecule has 2 aromatic heterocycles. The molecule has 2 fully saturated rings. The van der Waals surface area contributed by atoms with Crippen molar-refractivity contribution in [1.82, 2.24) is 30.2 Å². The molecule has 0 bridgehead atoms. The summed E-state index contributed by atoms with van der Waals surface area (Å²) >= 11 is 23.0. The van der Waals surface area contributed by atoms with E-state index in [9.17, 15) is 19.5 Å². The van der Waals surface area contributed by atoms with Gasteiger partial charge in [-0.15, -0.1) is 0 Å². The first-order chi connectivity index (χ1) is 22.5. The van der Waals surface area contributed by atoms with Gasteiger partial charge in [0.05, 0.1) is 28.3 Å². The number of nitrogens with one attached hydrogen (secondary N) is 3. The Labute approximate surface area is 297 Å². The molecule has 2 saturated heterocycles. The van der Waals surface area contributed by atoms with Crippen molar-refractivity contribution in [2.45, 2.75) is 14.0 Å². The number of hydrogen-bond acceptors (Lipinski definition) is 11. The summed E-state index contributed by atoms with van der Waals surface area (Å²) in [6.45, 7) is 7.39. The minimum Gasteiger partial charge on any atom is -0.506 e. The Kier molecular flexibility index (Phi) is 15.0. The van der Waals surface area contributed by atoms with Gasteiger partial charge in [0, 0.05) is 86.6 Å². The van der Waals surface area contributed by atoms with Gasteiger partial charge in [-0.05, 0) is 24.3 Å². The maximum absolute atomic E-state index is 11.4. The van der Waals surface area contributed by atoms with Gasteiger partial charge in [0.15, 0.2) is 6.29 Å². The van der Waals surface area contributed by atoms with E-state index in [4.69, 9.17) is 51.5 Å². The number of phenols is 2. The van der Waals surface area contributed by atoms with Crippen LogP contribution in [0.15, 0.2) is 58.6 Å². The Morgan fingerprint density at radius 2 is 1.21 bits per heavy atom. The first kappa shape index (κ1) is 38.6. The van der Waals surface area contributed by atoms with Crippen LogP contribution >= 0.6 is 46.4 Å². The highest BCUT2D eigenvalue weighted by Crippen LogP contribution is 2.32. The summed E-state index contributed by atoms with van der Waals surface area (Å²) < 4.78 is 0. The summed E-state index contributed by atoms with van der Waals surface area (Å²) in [6, 6.07) is 9.00. The minimum absolute atomic E-state index is 0. The first-order valence-corrected chi connectivity index (χ1v) is 15.9. The van der Waals surface area contributed by atoms with Crippen molar-refractivity contribution in [3.63, 3.8) is 0 Å². The van der Waals surface area contributed by atoms with Gasteiger partial charge < -0.3 is 35.3 Å². The molecule has 258 valence electrons. The lowest BCUT2D eigenvalue weighted by atomic mass is 10.1. The van der Waals surface area contributed by atoms with Gasteiger partial charge in [0.25, 0.3) is 11.1 Å². The Hall–Kier alpha value is -3.85. The summed E-state index contributed by atoms with van der Waals surface area (Å²) in [5.74, 6) is 1.30. The molecule has 0 unspecified atom stereocenters. The van der Waals surface area contributed by atoms with Crippen molar-refractivity contribution >= 4 is 64.3 Å². The number of aromatic hydroxyl groups is 2. The summed E-state index contributed by atoms with van der Waals surface area (Å²) in [5, 5.41) is 23.6. The lowest BCUT2D eigenvalue weighted by Gasteiger charge is -2.35. The van der Waals surface area contributed by atoms with Gasteiger partial charge in [-0.3, -0.25) is 19.3 Å². The highest BCUT2D eigenvalue weighted by molar-refractivity contribution is 6.36. The number of benzene rings is 2. The number of nitrogens with zero attached hydrogens (tertiary/aromatic N) is 5. The number of carbonyl (C=O) groups is 1. The molecule has 2 aliphatic heterocycles. The Morgan fingerprint density at radius 3 is 1.73 bits per heavy atom. The fourth-order valence-corrected chi connectivity index (χ4v) is 5.79. The van der Waals surface area contributed by atoms with E-state index in [2.05, 4.69) is 40.0 Å². The van der Waals surface area contributed by atoms with Gasteiger partial charge in [0.1, 0.15) is 23.1 Å². The summed E-state index contributed by atoms with van der Waals surface area (Å²) in [5.41, 5.74) is 0.562. The van der Waals surface area contributed by atoms with E-state index < -0.39 is 0 Å². The fourth-order valence-electron chi connectivity index (χ4n) is 4.75. The van der Waals surface area contributed by atoms with E-state index in [0.717, 1.165) is 58.2 Å². The van der Waals surface area contributed by atoms with E-state index in [0.29, 0.717) is 34.3 Å². The number of H-pyrrole nitrogens is 2. The molecule has 0 spiro atoms. The summed E-state index contributed by atoms with van der Waals surface area (Å²) in [6.07, 6.45) is 3.35. The van der Waals surface area contributed by atoms with Crippen LogP contribution in [0.5, 0.6) is 11.5 Å². The molecule has 0 radical (unpaired) electrons. The van der Waals surface area contributed by atoms with E-state index in [1.165, 1.54) is 43.0 Å². The van der Waals surface area contributed by atoms with Crippen molar-refractivity contribution in [3.8, 4) is 11.5 Å². The number of aldehydes is 1. The third kappa shape index (κ3) is 11.1. The molecule has 13 nitrogen and oxygen atoms in total. The Morgan fingerprint density at radius 1 is 0.708 bits per heavy atom. The van der Waals surface area contributed by atoms with Crippen LogP contribution in [0.25, 0.3) is 0 Å². The fraction of sp³-hybridized carbons (Fsp3) is 0.323. The molecule has 17 heteroatoms. The zero-order chi connectivity index (χ0) is 33.9. The number of aromatic nitrogens is 4. The van der Waals surface area contributed by atoms with Gasteiger partial charge in [-0.25, -0.2) is 9.97 Å². The molecular formula is C31H36Cl4N8O5. The number of anilines is 2. The Balaban J connectivity index is 0.000000212. The van der Waals surface area contributed by atoms with Crippen molar-refractivity contribution in [1.29, 1.82) is 0 Å². The average Bonchev–Trinajstić information content (AvgIpc) is 3.06. The lowest BCUT2D eigenvalue weighted by molar-refractivity contribution is 0.112. The average molecular weight is 742 g/mol. The lowest BCUT2D eigenvalue weighted by Crippen LogP contribution is -2.46. The molecule has 48 heavy (non-hydrogen) atoms. The van der Waals surface area contributed by atoms with Crippen LogP contribution in [-0.4, -0.2) is 93.7 Å². The maximum Gasteiger partial charge on any atom is 0.252 e. The molecule has 6 rings (SSSR count). The standard InChI is InChI=1S/C15H16Cl2N4O2.C8H12N4O.C7H4Cl2O2.CH4/c16-11-5-10(15(23)12(17)6-11)8-20-1-3-21(4-2-20)13-7-14(22)19-9-18-13;13-8-5-7(10-6-11-8)12-3-1-9-2-4-12;8-5-1-4(3-10)7(11)6(9)2-5;/h5-7,9,23H,1-4,8H2,(H,18,19,22);5-6,9H,1-4H2,(H,10,11,13);1-3,11H;1H4. The largest absolute Gasteiger partial charge is 0.506 e. The third-order valence-corrected chi connectivity index (χ3v) is 8.16. The third-order valence-electron chi connectivity index (χ3n) is 7.15. The molecule has 0 amide bonds. The molecule has 0 atom stereocenters. The molecule has 0 aliphatic carbocycles. The van der Waals surface area contributed by atoms with Crippen LogP contribution in [0.4, 0.5) is 11.6 Å². The summed E-state index contributed by atoms with van der Waals surface area (Å²) in [7, 11) is 0. The molecule has 5 N–H and O–H groups in total. The first-order valence-electron chi connectivity index (χ1n) is 14.4. The smallest absolute Gasteiger partial charge is 0.252 e. The SMILES string of the molecule is C.O=Cc1cc(Cl)cc(Cl)c1O.O=c1cc(N2CCN(Cc3cc(Cl)cc(Cl)c3O)CC2)nc[nH]1.O=c1cc(N2CCNCC2)nc[nH]1. The normalized spacial score (nSPS) is 14.5. The number of carbonyl (C=O) groups excluding carboxylic acids is 1. The highest BCUT2D eigenvalue weighted by Gasteiger charge is 2.20. The van der Waals surface area contributed by atoms with Gasteiger partial charge >= 0.3 is 0 Å². The van der Waals surface area contributed by atoms with Crippen LogP contribution in [0.3, 0.4) is 0 Å². The second kappa shape index (κ2) is 18.6. The summed E-state index contributed by atoms with van der Waals surface area (Å²) in [4.78, 5) is 52.3. The number of halogens is 4. The molecule has 2 aromatic carbocycles. The van der Waals surface area contributed by atoms with Crippen LogP contribution in [-0.2, 0) is 6.54 Å². The number of rotatable bonds is 5. The predicted molar refractivity (Wildman–Crippen MR) is 191 cm³/mol. The number of aromatic amines is 2. The zero-order valence-electron chi connectivity index (χ0n) is 24.9. The molecule has 4 heterocycles. The second-order valence-electron chi connectivity index (χ2n) is 10.4. The van der Waals surface area contributed by atoms with Crippen molar-refractivity contribution in [3.05, 3.63) is 101 Å². The number of phenolic OH excluding ortho intramolecular Hbond substituents is 2. The van der Waals surface area contributed by atoms with Crippen molar-refractivity contribution in [2.24, 2.45) is 0 Å². The zero-order valence-corrected chi connectivity index (χ0v) is 28.0. The van der Waals surface area contributed by atoms with Crippen LogP contribution in [0.1, 0.15) is 23.3 Å². The van der Waals surface area contributed by atoms with Crippen molar-refractivity contribution in [2.75, 3.05) is 62.2 Å². The van der Waals surface area contributed by atoms with Gasteiger partial charge in [-0.1, -0.05) is 53.8 Å². The van der Waals surface area contributed by atoms with Gasteiger partial charge in [-0.2, -0.15) is 0 Å². The quantitative estimate of drug-likeness (QED) is 0.183. The monoisotopic (exact) mass is 740 g/mol. The molecular weight excluding hydrogens is 706 g/mol. The molecule has 2 aliphatic rings. The van der Waals surface area contributed by atoms with Crippen molar-refractivity contribution < 1.29 is 15.0 Å². The maximum atomic E-state index is 11.4. The van der Waals surface area contributed by atoms with E-state index in [-0.39, 0.29) is 45.7 Å². The highest BCUT2D eigenvalue weighted by atomic mass is 35.5. The molecule has 4 aromatic rings. The van der Waals surface area contributed by atoms with E-state index in [1.54, 1.807) is 6.07 Å².